The van der Waals surface area contributed by atoms with Gasteiger partial charge >= 0.3 is 5.97 Å². The van der Waals surface area contributed by atoms with Gasteiger partial charge in [-0.05, 0) is 43.4 Å². The van der Waals surface area contributed by atoms with Crippen LogP contribution in [0.4, 0.5) is 5.69 Å². The van der Waals surface area contributed by atoms with Gasteiger partial charge in [-0.25, -0.2) is 4.79 Å². The van der Waals surface area contributed by atoms with Gasteiger partial charge in [0.25, 0.3) is 0 Å². The minimum absolute atomic E-state index is 0.0172. The number of allylic oxidation sites excluding steroid dienone is 2. The van der Waals surface area contributed by atoms with Gasteiger partial charge < -0.3 is 10.1 Å². The van der Waals surface area contributed by atoms with Gasteiger partial charge in [-0.3, -0.25) is 19.3 Å². The summed E-state index contributed by atoms with van der Waals surface area (Å²) in [5.41, 5.74) is 0.814. The van der Waals surface area contributed by atoms with Gasteiger partial charge in [0, 0.05) is 18.7 Å². The molecule has 0 spiro atoms. The quantitative estimate of drug-likeness (QED) is 0.461. The second-order valence-electron chi connectivity index (χ2n) is 7.43. The minimum atomic E-state index is -0.457. The first kappa shape index (κ1) is 18.4. The van der Waals surface area contributed by atoms with E-state index in [1.54, 1.807) is 25.1 Å². The molecule has 1 saturated heterocycles. The summed E-state index contributed by atoms with van der Waals surface area (Å²) in [6.07, 6.45) is 4.99. The van der Waals surface area contributed by atoms with Gasteiger partial charge in [-0.15, -0.1) is 0 Å². The first-order valence-corrected chi connectivity index (χ1v) is 9.60. The average molecular weight is 382 g/mol. The predicted octanol–water partition coefficient (Wildman–Crippen LogP) is 2.00. The molecule has 3 amide bonds. The third-order valence-corrected chi connectivity index (χ3v) is 5.78. The number of hydrogen-bond donors (Lipinski definition) is 1. The largest absolute Gasteiger partial charge is 0.462 e. The molecule has 1 N–H and O–H groups in total. The van der Waals surface area contributed by atoms with Crippen molar-refractivity contribution in [3.8, 4) is 0 Å². The Bertz CT molecular complexity index is 847. The van der Waals surface area contributed by atoms with Crippen LogP contribution in [0, 0.1) is 23.7 Å². The molecule has 2 fully saturated rings. The van der Waals surface area contributed by atoms with Gasteiger partial charge in [-0.2, -0.15) is 0 Å². The average Bonchev–Trinajstić information content (AvgIpc) is 3.35. The molecule has 4 atom stereocenters. The Morgan fingerprint density at radius 3 is 2.46 bits per heavy atom. The highest BCUT2D eigenvalue weighted by molar-refractivity contribution is 6.06. The van der Waals surface area contributed by atoms with E-state index in [4.69, 9.17) is 4.74 Å². The summed E-state index contributed by atoms with van der Waals surface area (Å²) in [4.78, 5) is 50.6. The maximum atomic E-state index is 12.6. The van der Waals surface area contributed by atoms with Crippen molar-refractivity contribution in [2.75, 3.05) is 18.5 Å². The standard InChI is InChI=1S/C21H22N2O5/c1-2-28-21(27)14-4-3-5-15(11-14)22-16(24)8-9-23-19(25)17-12-6-7-13(10-12)18(17)20(23)26/h3-7,11-13,17-18H,2,8-10H2,1H3,(H,22,24)/t12-,13-,17-,18-/m0/s1. The van der Waals surface area contributed by atoms with Crippen LogP contribution in [0.1, 0.15) is 30.1 Å². The van der Waals surface area contributed by atoms with E-state index in [1.807, 2.05) is 12.2 Å². The highest BCUT2D eigenvalue weighted by Crippen LogP contribution is 2.52. The van der Waals surface area contributed by atoms with Gasteiger partial charge in [-0.1, -0.05) is 18.2 Å². The van der Waals surface area contributed by atoms with Crippen LogP contribution in [0.3, 0.4) is 0 Å². The number of amides is 3. The molecule has 1 heterocycles. The monoisotopic (exact) mass is 382 g/mol. The first-order chi connectivity index (χ1) is 13.5. The second kappa shape index (κ2) is 7.22. The van der Waals surface area contributed by atoms with Crippen LogP contribution in [0.15, 0.2) is 36.4 Å². The van der Waals surface area contributed by atoms with Gasteiger partial charge in [0.1, 0.15) is 0 Å². The van der Waals surface area contributed by atoms with E-state index in [0.29, 0.717) is 11.3 Å². The van der Waals surface area contributed by atoms with Gasteiger partial charge in [0.2, 0.25) is 17.7 Å². The second-order valence-corrected chi connectivity index (χ2v) is 7.43. The maximum absolute atomic E-state index is 12.6. The van der Waals surface area contributed by atoms with Gasteiger partial charge in [0.05, 0.1) is 24.0 Å². The van der Waals surface area contributed by atoms with Crippen molar-refractivity contribution in [3.63, 3.8) is 0 Å². The molecule has 0 unspecified atom stereocenters. The fraction of sp³-hybridized carbons (Fsp3) is 0.429. The summed E-state index contributed by atoms with van der Waals surface area (Å²) in [6, 6.07) is 6.46. The third-order valence-electron chi connectivity index (χ3n) is 5.78. The van der Waals surface area contributed by atoms with Crippen molar-refractivity contribution in [3.05, 3.63) is 42.0 Å². The molecular formula is C21H22N2O5. The van der Waals surface area contributed by atoms with Crippen molar-refractivity contribution >= 4 is 29.4 Å². The lowest BCUT2D eigenvalue weighted by molar-refractivity contribution is -0.140. The van der Waals surface area contributed by atoms with Crippen molar-refractivity contribution in [1.82, 2.24) is 4.90 Å². The van der Waals surface area contributed by atoms with Crippen molar-refractivity contribution < 1.29 is 23.9 Å². The van der Waals surface area contributed by atoms with E-state index >= 15 is 0 Å². The number of likely N-dealkylation sites (tertiary alicyclic amines) is 1. The normalized spacial score (nSPS) is 27.2. The Balaban J connectivity index is 1.34. The number of nitrogens with zero attached hydrogens (tertiary/aromatic N) is 1. The van der Waals surface area contributed by atoms with Crippen molar-refractivity contribution in [2.45, 2.75) is 19.8 Å². The molecule has 0 aromatic heterocycles. The van der Waals surface area contributed by atoms with Gasteiger partial charge in [0.15, 0.2) is 0 Å². The van der Waals surface area contributed by atoms with Crippen LogP contribution in [-0.4, -0.2) is 41.7 Å². The molecule has 1 saturated carbocycles. The summed E-state index contributed by atoms with van der Waals surface area (Å²) >= 11 is 0. The molecule has 1 aromatic carbocycles. The molecule has 7 nitrogen and oxygen atoms in total. The third kappa shape index (κ3) is 3.10. The number of carbonyl (C=O) groups excluding carboxylic acids is 4. The van der Waals surface area contributed by atoms with Crippen molar-refractivity contribution in [2.24, 2.45) is 23.7 Å². The lowest BCUT2D eigenvalue weighted by atomic mass is 9.85. The topological polar surface area (TPSA) is 92.8 Å². The van der Waals surface area contributed by atoms with Crippen LogP contribution in [0.2, 0.25) is 0 Å². The summed E-state index contributed by atoms with van der Waals surface area (Å²) in [6.45, 7) is 2.07. The number of rotatable bonds is 6. The Hall–Kier alpha value is -2.96. The lowest BCUT2D eigenvalue weighted by Crippen LogP contribution is -2.35. The number of carbonyl (C=O) groups is 4. The number of ether oxygens (including phenoxy) is 1. The van der Waals surface area contributed by atoms with Crippen molar-refractivity contribution in [1.29, 1.82) is 0 Å². The number of esters is 1. The highest BCUT2D eigenvalue weighted by Gasteiger charge is 2.58. The molecule has 2 aliphatic carbocycles. The zero-order valence-electron chi connectivity index (χ0n) is 15.6. The zero-order valence-corrected chi connectivity index (χ0v) is 15.6. The van der Waals surface area contributed by atoms with E-state index in [-0.39, 0.29) is 61.0 Å². The molecular weight excluding hydrogens is 360 g/mol. The first-order valence-electron chi connectivity index (χ1n) is 9.60. The lowest BCUT2D eigenvalue weighted by Gasteiger charge is -2.17. The molecule has 7 heteroatoms. The van der Waals surface area contributed by atoms with E-state index in [9.17, 15) is 19.2 Å². The Labute approximate surface area is 162 Å². The van der Waals surface area contributed by atoms with Crippen LogP contribution >= 0.6 is 0 Å². The molecule has 1 aromatic rings. The number of imide groups is 1. The smallest absolute Gasteiger partial charge is 0.338 e. The van der Waals surface area contributed by atoms with Crippen LogP contribution < -0.4 is 5.32 Å². The fourth-order valence-corrected chi connectivity index (χ4v) is 4.56. The zero-order chi connectivity index (χ0) is 19.8. The Morgan fingerprint density at radius 2 is 1.82 bits per heavy atom. The number of fused-ring (bicyclic) bond motifs is 5. The summed E-state index contributed by atoms with van der Waals surface area (Å²) in [5, 5.41) is 2.70. The van der Waals surface area contributed by atoms with E-state index < -0.39 is 5.97 Å². The van der Waals surface area contributed by atoms with Crippen LogP contribution in [0.25, 0.3) is 0 Å². The number of hydrogen-bond acceptors (Lipinski definition) is 5. The fourth-order valence-electron chi connectivity index (χ4n) is 4.56. The maximum Gasteiger partial charge on any atom is 0.338 e. The summed E-state index contributed by atoms with van der Waals surface area (Å²) in [7, 11) is 0. The van der Waals surface area contributed by atoms with E-state index in [2.05, 4.69) is 5.32 Å². The van der Waals surface area contributed by atoms with E-state index in [1.165, 1.54) is 11.0 Å². The van der Waals surface area contributed by atoms with E-state index in [0.717, 1.165) is 6.42 Å². The molecule has 146 valence electrons. The van der Waals surface area contributed by atoms with Crippen LogP contribution in [0.5, 0.6) is 0 Å². The van der Waals surface area contributed by atoms with Crippen LogP contribution in [-0.2, 0) is 19.1 Å². The molecule has 2 bridgehead atoms. The molecule has 4 rings (SSSR count). The number of nitrogens with one attached hydrogen (secondary N) is 1. The number of anilines is 1. The molecule has 0 radical (unpaired) electrons. The Kier molecular flexibility index (Phi) is 4.75. The number of benzene rings is 1. The summed E-state index contributed by atoms with van der Waals surface area (Å²) < 4.78 is 4.95. The predicted molar refractivity (Wildman–Crippen MR) is 100 cm³/mol. The minimum Gasteiger partial charge on any atom is -0.462 e. The molecule has 1 aliphatic heterocycles. The molecule has 28 heavy (non-hydrogen) atoms. The SMILES string of the molecule is CCOC(=O)c1cccc(NC(=O)CCN2C(=O)[C@@H]3[C@@H](C2=O)[C@H]2C=C[C@H]3C2)c1. The molecule has 3 aliphatic rings. The summed E-state index contributed by atoms with van der Waals surface area (Å²) in [5.74, 6) is -1.24. The highest BCUT2D eigenvalue weighted by atomic mass is 16.5. The Morgan fingerprint density at radius 1 is 1.14 bits per heavy atom.